The van der Waals surface area contributed by atoms with Crippen LogP contribution in [-0.2, 0) is 13.6 Å². The molecule has 0 unspecified atom stereocenters. The Morgan fingerprint density at radius 3 is 2.86 bits per heavy atom. The van der Waals surface area contributed by atoms with Crippen molar-refractivity contribution in [2.45, 2.75) is 38.3 Å². The van der Waals surface area contributed by atoms with Crippen LogP contribution in [0.2, 0.25) is 0 Å². The first kappa shape index (κ1) is 14.6. The summed E-state index contributed by atoms with van der Waals surface area (Å²) in [6, 6.07) is 10.2. The number of rotatable bonds is 3. The van der Waals surface area contributed by atoms with Crippen LogP contribution in [0, 0.1) is 0 Å². The molecule has 0 bridgehead atoms. The SMILES string of the molecule is Cn1c(=O)c(CN=C(N)NC2CCCC2)cc2ccccc21. The van der Waals surface area contributed by atoms with Gasteiger partial charge in [-0.1, -0.05) is 31.0 Å². The normalized spacial score (nSPS) is 16.3. The first-order valence-corrected chi connectivity index (χ1v) is 7.79. The van der Waals surface area contributed by atoms with Crippen LogP contribution < -0.4 is 16.6 Å². The molecule has 1 aromatic heterocycles. The topological polar surface area (TPSA) is 72.4 Å². The number of aromatic nitrogens is 1. The van der Waals surface area contributed by atoms with Crippen molar-refractivity contribution < 1.29 is 0 Å². The van der Waals surface area contributed by atoms with Gasteiger partial charge in [0, 0.05) is 18.7 Å². The molecule has 0 spiro atoms. The second-order valence-corrected chi connectivity index (χ2v) is 5.92. The van der Waals surface area contributed by atoms with Crippen LogP contribution >= 0.6 is 0 Å². The Kier molecular flexibility index (Phi) is 4.13. The molecule has 3 N–H and O–H groups in total. The minimum absolute atomic E-state index is 0.0175. The number of guanidine groups is 1. The highest BCUT2D eigenvalue weighted by Gasteiger charge is 2.15. The number of benzene rings is 1. The number of nitrogens with zero attached hydrogens (tertiary/aromatic N) is 2. The zero-order chi connectivity index (χ0) is 15.5. The first-order chi connectivity index (χ1) is 10.6. The number of fused-ring (bicyclic) bond motifs is 1. The quantitative estimate of drug-likeness (QED) is 0.671. The Morgan fingerprint density at radius 2 is 2.09 bits per heavy atom. The van der Waals surface area contributed by atoms with E-state index in [-0.39, 0.29) is 5.56 Å². The largest absolute Gasteiger partial charge is 0.370 e. The molecule has 5 heteroatoms. The van der Waals surface area contributed by atoms with E-state index in [0.717, 1.165) is 23.7 Å². The molecule has 116 valence electrons. The third kappa shape index (κ3) is 2.98. The molecule has 22 heavy (non-hydrogen) atoms. The predicted octanol–water partition coefficient (Wildman–Crippen LogP) is 1.89. The summed E-state index contributed by atoms with van der Waals surface area (Å²) in [5.74, 6) is 0.433. The lowest BCUT2D eigenvalue weighted by molar-refractivity contribution is 0.625. The molecule has 0 saturated heterocycles. The van der Waals surface area contributed by atoms with Gasteiger partial charge in [0.15, 0.2) is 5.96 Å². The van der Waals surface area contributed by atoms with E-state index in [4.69, 9.17) is 5.73 Å². The molecule has 1 aliphatic carbocycles. The van der Waals surface area contributed by atoms with E-state index in [0.29, 0.717) is 24.1 Å². The Hall–Kier alpha value is -2.30. The van der Waals surface area contributed by atoms with Gasteiger partial charge in [-0.05, 0) is 30.4 Å². The van der Waals surface area contributed by atoms with Crippen molar-refractivity contribution in [1.82, 2.24) is 9.88 Å². The van der Waals surface area contributed by atoms with E-state index < -0.39 is 0 Å². The van der Waals surface area contributed by atoms with Crippen molar-refractivity contribution in [1.29, 1.82) is 0 Å². The van der Waals surface area contributed by atoms with Crippen LogP contribution in [0.3, 0.4) is 0 Å². The number of nitrogens with one attached hydrogen (secondary N) is 1. The molecule has 0 amide bonds. The Balaban J connectivity index is 1.81. The Morgan fingerprint density at radius 1 is 1.36 bits per heavy atom. The summed E-state index contributed by atoms with van der Waals surface area (Å²) >= 11 is 0. The fourth-order valence-corrected chi connectivity index (χ4v) is 3.10. The molecule has 0 radical (unpaired) electrons. The average Bonchev–Trinajstić information content (AvgIpc) is 3.02. The summed E-state index contributed by atoms with van der Waals surface area (Å²) in [4.78, 5) is 16.7. The summed E-state index contributed by atoms with van der Waals surface area (Å²) in [6.07, 6.45) is 4.79. The van der Waals surface area contributed by atoms with Crippen LogP contribution in [0.1, 0.15) is 31.2 Å². The van der Waals surface area contributed by atoms with Crippen molar-refractivity contribution in [3.8, 4) is 0 Å². The lowest BCUT2D eigenvalue weighted by Crippen LogP contribution is -2.38. The summed E-state index contributed by atoms with van der Waals surface area (Å²) in [7, 11) is 1.79. The standard InChI is InChI=1S/C17H22N4O/c1-21-15-9-5-2-6-12(15)10-13(16(21)22)11-19-17(18)20-14-7-3-4-8-14/h2,5-6,9-10,14H,3-4,7-8,11H2,1H3,(H3,18,19,20). The van der Waals surface area contributed by atoms with Crippen molar-refractivity contribution in [3.63, 3.8) is 0 Å². The monoisotopic (exact) mass is 298 g/mol. The molecule has 1 aromatic carbocycles. The number of hydrogen-bond acceptors (Lipinski definition) is 2. The molecule has 3 rings (SSSR count). The molecule has 1 saturated carbocycles. The first-order valence-electron chi connectivity index (χ1n) is 7.79. The van der Waals surface area contributed by atoms with Crippen LogP contribution in [0.25, 0.3) is 10.9 Å². The maximum atomic E-state index is 12.4. The fraction of sp³-hybridized carbons (Fsp3) is 0.412. The van der Waals surface area contributed by atoms with Crippen LogP contribution in [0.15, 0.2) is 40.1 Å². The predicted molar refractivity (Wildman–Crippen MR) is 89.9 cm³/mol. The van der Waals surface area contributed by atoms with Gasteiger partial charge in [-0.2, -0.15) is 0 Å². The van der Waals surface area contributed by atoms with Gasteiger partial charge in [0.1, 0.15) is 0 Å². The van der Waals surface area contributed by atoms with E-state index in [9.17, 15) is 4.79 Å². The van der Waals surface area contributed by atoms with E-state index in [1.54, 1.807) is 11.6 Å². The molecule has 1 heterocycles. The molecule has 1 fully saturated rings. The maximum Gasteiger partial charge on any atom is 0.255 e. The van der Waals surface area contributed by atoms with Crippen molar-refractivity contribution in [2.75, 3.05) is 0 Å². The van der Waals surface area contributed by atoms with Gasteiger partial charge in [-0.25, -0.2) is 4.99 Å². The summed E-state index contributed by atoms with van der Waals surface area (Å²) in [5, 5.41) is 4.28. The minimum Gasteiger partial charge on any atom is -0.370 e. The molecule has 2 aromatic rings. The smallest absolute Gasteiger partial charge is 0.255 e. The van der Waals surface area contributed by atoms with Gasteiger partial charge in [-0.3, -0.25) is 4.79 Å². The fourth-order valence-electron chi connectivity index (χ4n) is 3.10. The number of nitrogens with two attached hydrogens (primary N) is 1. The van der Waals surface area contributed by atoms with Gasteiger partial charge in [0.05, 0.1) is 12.1 Å². The van der Waals surface area contributed by atoms with E-state index in [1.807, 2.05) is 30.3 Å². The molecular weight excluding hydrogens is 276 g/mol. The Labute approximate surface area is 129 Å². The van der Waals surface area contributed by atoms with Crippen LogP contribution in [0.5, 0.6) is 0 Å². The number of para-hydroxylation sites is 1. The second kappa shape index (κ2) is 6.22. The zero-order valence-electron chi connectivity index (χ0n) is 12.9. The Bertz CT molecular complexity index is 757. The number of aliphatic imine (C=N–C) groups is 1. The highest BCUT2D eigenvalue weighted by molar-refractivity contribution is 5.80. The summed E-state index contributed by atoms with van der Waals surface area (Å²) < 4.78 is 1.67. The molecule has 0 aliphatic heterocycles. The third-order valence-electron chi connectivity index (χ3n) is 4.33. The average molecular weight is 298 g/mol. The van der Waals surface area contributed by atoms with Gasteiger partial charge >= 0.3 is 0 Å². The molecule has 1 aliphatic rings. The lowest BCUT2D eigenvalue weighted by Gasteiger charge is -2.12. The maximum absolute atomic E-state index is 12.4. The van der Waals surface area contributed by atoms with Gasteiger partial charge in [-0.15, -0.1) is 0 Å². The van der Waals surface area contributed by atoms with Crippen molar-refractivity contribution >= 4 is 16.9 Å². The number of hydrogen-bond donors (Lipinski definition) is 2. The van der Waals surface area contributed by atoms with Crippen molar-refractivity contribution in [3.05, 3.63) is 46.2 Å². The second-order valence-electron chi connectivity index (χ2n) is 5.92. The summed E-state index contributed by atoms with van der Waals surface area (Å²) in [5.41, 5.74) is 7.51. The van der Waals surface area contributed by atoms with E-state index >= 15 is 0 Å². The van der Waals surface area contributed by atoms with Gasteiger partial charge in [0.25, 0.3) is 5.56 Å². The lowest BCUT2D eigenvalue weighted by atomic mass is 10.1. The minimum atomic E-state index is -0.0175. The highest BCUT2D eigenvalue weighted by atomic mass is 16.1. The van der Waals surface area contributed by atoms with E-state index in [2.05, 4.69) is 10.3 Å². The molecule has 0 atom stereocenters. The van der Waals surface area contributed by atoms with E-state index in [1.165, 1.54) is 12.8 Å². The van der Waals surface area contributed by atoms with Crippen LogP contribution in [0.4, 0.5) is 0 Å². The zero-order valence-corrected chi connectivity index (χ0v) is 12.9. The number of aryl methyl sites for hydroxylation is 1. The van der Waals surface area contributed by atoms with Gasteiger partial charge in [0.2, 0.25) is 0 Å². The van der Waals surface area contributed by atoms with Gasteiger partial charge < -0.3 is 15.6 Å². The molecule has 5 nitrogen and oxygen atoms in total. The third-order valence-corrected chi connectivity index (χ3v) is 4.33. The number of pyridine rings is 1. The van der Waals surface area contributed by atoms with Crippen molar-refractivity contribution in [2.24, 2.45) is 17.8 Å². The molecular formula is C17H22N4O. The highest BCUT2D eigenvalue weighted by Crippen LogP contribution is 2.17. The van der Waals surface area contributed by atoms with Crippen LogP contribution in [-0.4, -0.2) is 16.6 Å². The summed E-state index contributed by atoms with van der Waals surface area (Å²) in [6.45, 7) is 0.309.